The minimum atomic E-state index is -0.152. The Hall–Kier alpha value is -1.91. The molecule has 3 unspecified atom stereocenters. The number of nitrogens with one attached hydrogen (secondary N) is 1. The molecule has 0 aromatic heterocycles. The summed E-state index contributed by atoms with van der Waals surface area (Å²) in [6, 6.07) is 7.93. The van der Waals surface area contributed by atoms with E-state index in [1.54, 1.807) is 5.01 Å². The van der Waals surface area contributed by atoms with E-state index in [2.05, 4.69) is 25.2 Å². The monoisotopic (exact) mass is 385 g/mol. The normalized spacial score (nSPS) is 22.6. The Morgan fingerprint density at radius 1 is 1.15 bits per heavy atom. The van der Waals surface area contributed by atoms with Crippen LogP contribution < -0.4 is 5.32 Å². The Kier molecular flexibility index (Phi) is 6.86. The number of hydrogen-bond donors (Lipinski definition) is 1. The predicted octanol–water partition coefficient (Wildman–Crippen LogP) is 4.22. The number of fused-ring (bicyclic) bond motifs is 1. The highest BCUT2D eigenvalue weighted by atomic mass is 35.5. The van der Waals surface area contributed by atoms with E-state index in [9.17, 15) is 4.79 Å². The standard InChI is InChI=1S/C22H28ClN3O/c1-3-13-24-14-12-16(2)26-22(27)20-7-5-4-6-19(20)21(25-26)15-17-8-10-18(23)11-9-17/h4-11,16,19-20,24H,3,12-15H2,1-2H3. The fraction of sp³-hybridized carbons (Fsp3) is 0.455. The number of allylic oxidation sites excluding steroid dienone is 3. The molecule has 144 valence electrons. The smallest absolute Gasteiger partial charge is 0.250 e. The molecule has 0 spiro atoms. The molecule has 0 saturated carbocycles. The molecule has 4 nitrogen and oxygen atoms in total. The van der Waals surface area contributed by atoms with Crippen LogP contribution in [-0.2, 0) is 11.2 Å². The second-order valence-electron chi connectivity index (χ2n) is 7.29. The van der Waals surface area contributed by atoms with Gasteiger partial charge in [-0.3, -0.25) is 4.79 Å². The van der Waals surface area contributed by atoms with Gasteiger partial charge in [0.05, 0.1) is 17.7 Å². The number of hydrazone groups is 1. The lowest BCUT2D eigenvalue weighted by atomic mass is 9.80. The second-order valence-corrected chi connectivity index (χ2v) is 7.72. The highest BCUT2D eigenvalue weighted by Crippen LogP contribution is 2.31. The van der Waals surface area contributed by atoms with Crippen molar-refractivity contribution in [2.24, 2.45) is 16.9 Å². The molecule has 0 saturated heterocycles. The van der Waals surface area contributed by atoms with E-state index in [1.165, 1.54) is 0 Å². The molecule has 3 atom stereocenters. The van der Waals surface area contributed by atoms with Crippen LogP contribution in [0.1, 0.15) is 32.3 Å². The Balaban J connectivity index is 1.79. The van der Waals surface area contributed by atoms with Gasteiger partial charge in [-0.2, -0.15) is 5.10 Å². The van der Waals surface area contributed by atoms with Gasteiger partial charge in [-0.15, -0.1) is 0 Å². The molecule has 0 fully saturated rings. The zero-order valence-electron chi connectivity index (χ0n) is 16.1. The fourth-order valence-electron chi connectivity index (χ4n) is 3.58. The van der Waals surface area contributed by atoms with Crippen molar-refractivity contribution in [3.63, 3.8) is 0 Å². The third-order valence-electron chi connectivity index (χ3n) is 5.15. The molecule has 1 N–H and O–H groups in total. The average molecular weight is 386 g/mol. The molecule has 27 heavy (non-hydrogen) atoms. The van der Waals surface area contributed by atoms with Crippen LogP contribution in [0.3, 0.4) is 0 Å². The van der Waals surface area contributed by atoms with Crippen LogP contribution in [0.5, 0.6) is 0 Å². The van der Waals surface area contributed by atoms with Crippen LogP contribution >= 0.6 is 11.6 Å². The van der Waals surface area contributed by atoms with Crippen molar-refractivity contribution in [1.29, 1.82) is 0 Å². The van der Waals surface area contributed by atoms with Crippen molar-refractivity contribution >= 4 is 23.2 Å². The van der Waals surface area contributed by atoms with Gasteiger partial charge >= 0.3 is 0 Å². The summed E-state index contributed by atoms with van der Waals surface area (Å²) in [7, 11) is 0. The van der Waals surface area contributed by atoms with E-state index in [0.29, 0.717) is 0 Å². The summed E-state index contributed by atoms with van der Waals surface area (Å²) in [5.74, 6) is -0.0101. The van der Waals surface area contributed by atoms with E-state index in [4.69, 9.17) is 16.7 Å². The van der Waals surface area contributed by atoms with Crippen molar-refractivity contribution in [3.8, 4) is 0 Å². The van der Waals surface area contributed by atoms with Gasteiger partial charge in [0.15, 0.2) is 0 Å². The van der Waals surface area contributed by atoms with Crippen LogP contribution in [0.4, 0.5) is 0 Å². The van der Waals surface area contributed by atoms with Crippen molar-refractivity contribution in [1.82, 2.24) is 10.3 Å². The average Bonchev–Trinajstić information content (AvgIpc) is 2.69. The largest absolute Gasteiger partial charge is 0.317 e. The molecular formula is C22H28ClN3O. The third-order valence-corrected chi connectivity index (χ3v) is 5.40. The Morgan fingerprint density at radius 2 is 1.85 bits per heavy atom. The minimum absolute atomic E-state index is 0.0415. The van der Waals surface area contributed by atoms with Gasteiger partial charge < -0.3 is 5.32 Å². The van der Waals surface area contributed by atoms with E-state index < -0.39 is 0 Å². The van der Waals surface area contributed by atoms with Crippen LogP contribution in [0.25, 0.3) is 0 Å². The summed E-state index contributed by atoms with van der Waals surface area (Å²) in [5, 5.41) is 10.7. The highest BCUT2D eigenvalue weighted by molar-refractivity contribution is 6.30. The van der Waals surface area contributed by atoms with Crippen LogP contribution in [0, 0.1) is 11.8 Å². The lowest BCUT2D eigenvalue weighted by Crippen LogP contribution is -2.48. The molecular weight excluding hydrogens is 358 g/mol. The molecule has 5 heteroatoms. The van der Waals surface area contributed by atoms with Gasteiger partial charge in [-0.25, -0.2) is 5.01 Å². The molecule has 3 rings (SSSR count). The minimum Gasteiger partial charge on any atom is -0.317 e. The van der Waals surface area contributed by atoms with Crippen LogP contribution in [0.2, 0.25) is 5.02 Å². The first kappa shape index (κ1) is 19.8. The summed E-state index contributed by atoms with van der Waals surface area (Å²) >= 11 is 6.01. The van der Waals surface area contributed by atoms with Crippen molar-refractivity contribution < 1.29 is 4.79 Å². The maximum atomic E-state index is 13.0. The van der Waals surface area contributed by atoms with Gasteiger partial charge in [0.1, 0.15) is 0 Å². The molecule has 1 heterocycles. The number of nitrogens with zero attached hydrogens (tertiary/aromatic N) is 2. The molecule has 0 radical (unpaired) electrons. The number of hydrogen-bond acceptors (Lipinski definition) is 3. The molecule has 1 amide bonds. The second kappa shape index (κ2) is 9.34. The molecule has 1 aromatic carbocycles. The topological polar surface area (TPSA) is 44.7 Å². The van der Waals surface area contributed by atoms with E-state index in [0.717, 1.165) is 48.6 Å². The zero-order chi connectivity index (χ0) is 19.2. The highest BCUT2D eigenvalue weighted by Gasteiger charge is 2.38. The van der Waals surface area contributed by atoms with E-state index in [-0.39, 0.29) is 23.8 Å². The van der Waals surface area contributed by atoms with Crippen molar-refractivity contribution in [2.45, 2.75) is 39.2 Å². The van der Waals surface area contributed by atoms with Crippen LogP contribution in [0.15, 0.2) is 53.7 Å². The number of carbonyl (C=O) groups excluding carboxylic acids is 1. The summed E-state index contributed by atoms with van der Waals surface area (Å²) in [5.41, 5.74) is 2.20. The number of halogens is 1. The summed E-state index contributed by atoms with van der Waals surface area (Å²) in [6.07, 6.45) is 10.8. The SMILES string of the molecule is CCCNCCC(C)N1N=C(Cc2ccc(Cl)cc2)C2C=CC=CC2C1=O. The number of carbonyl (C=O) groups is 1. The number of rotatable bonds is 8. The van der Waals surface area contributed by atoms with Crippen molar-refractivity contribution in [2.75, 3.05) is 13.1 Å². The first-order chi connectivity index (χ1) is 13.1. The molecule has 0 bridgehead atoms. The molecule has 1 aromatic rings. The Morgan fingerprint density at radius 3 is 2.56 bits per heavy atom. The lowest BCUT2D eigenvalue weighted by molar-refractivity contribution is -0.137. The van der Waals surface area contributed by atoms with Crippen LogP contribution in [-0.4, -0.2) is 35.8 Å². The summed E-state index contributed by atoms with van der Waals surface area (Å²) in [4.78, 5) is 13.0. The lowest BCUT2D eigenvalue weighted by Gasteiger charge is -2.37. The Labute approximate surface area is 167 Å². The Bertz CT molecular complexity index is 738. The third kappa shape index (κ3) is 4.88. The first-order valence-corrected chi connectivity index (χ1v) is 10.2. The molecule has 1 aliphatic carbocycles. The number of amides is 1. The van der Waals surface area contributed by atoms with Gasteiger partial charge in [0.25, 0.3) is 5.91 Å². The van der Waals surface area contributed by atoms with Crippen molar-refractivity contribution in [3.05, 3.63) is 59.2 Å². The van der Waals surface area contributed by atoms with Gasteiger partial charge in [0.2, 0.25) is 0 Å². The van der Waals surface area contributed by atoms with Gasteiger partial charge in [-0.05, 0) is 50.6 Å². The fourth-order valence-corrected chi connectivity index (χ4v) is 3.71. The maximum Gasteiger partial charge on any atom is 0.250 e. The first-order valence-electron chi connectivity index (χ1n) is 9.80. The summed E-state index contributed by atoms with van der Waals surface area (Å²) in [6.45, 7) is 6.13. The summed E-state index contributed by atoms with van der Waals surface area (Å²) < 4.78 is 0. The van der Waals surface area contributed by atoms with Gasteiger partial charge in [0, 0.05) is 17.4 Å². The van der Waals surface area contributed by atoms with E-state index in [1.807, 2.05) is 42.5 Å². The van der Waals surface area contributed by atoms with E-state index >= 15 is 0 Å². The molecule has 1 aliphatic heterocycles. The zero-order valence-corrected chi connectivity index (χ0v) is 16.8. The molecule has 2 aliphatic rings. The quantitative estimate of drug-likeness (QED) is 0.681. The van der Waals surface area contributed by atoms with Gasteiger partial charge in [-0.1, -0.05) is 55.0 Å². The predicted molar refractivity (Wildman–Crippen MR) is 112 cm³/mol. The number of benzene rings is 1. The maximum absolute atomic E-state index is 13.0.